The predicted molar refractivity (Wildman–Crippen MR) is 110 cm³/mol. The lowest BCUT2D eigenvalue weighted by Gasteiger charge is -2.34. The van der Waals surface area contributed by atoms with Crippen LogP contribution in [0.3, 0.4) is 0 Å². The molecule has 1 aliphatic heterocycles. The summed E-state index contributed by atoms with van der Waals surface area (Å²) < 4.78 is 5.52. The van der Waals surface area contributed by atoms with E-state index in [1.807, 2.05) is 37.3 Å². The summed E-state index contributed by atoms with van der Waals surface area (Å²) in [4.78, 5) is 25.3. The zero-order valence-electron chi connectivity index (χ0n) is 16.3. The lowest BCUT2D eigenvalue weighted by molar-refractivity contribution is 0.243. The molecule has 1 aliphatic rings. The Balaban J connectivity index is 1.32. The van der Waals surface area contributed by atoms with Gasteiger partial charge in [0.15, 0.2) is 0 Å². The van der Waals surface area contributed by atoms with Gasteiger partial charge in [-0.1, -0.05) is 12.1 Å². The number of carbonyl (C=O) groups excluding carboxylic acids is 1. The smallest absolute Gasteiger partial charge is 0.319 e. The van der Waals surface area contributed by atoms with Gasteiger partial charge in [0.05, 0.1) is 12.3 Å². The third-order valence-electron chi connectivity index (χ3n) is 4.58. The Morgan fingerprint density at radius 1 is 1.11 bits per heavy atom. The number of nitrogens with one attached hydrogen (secondary N) is 2. The number of benzene rings is 1. The molecule has 2 amide bonds. The van der Waals surface area contributed by atoms with Crippen molar-refractivity contribution in [2.75, 3.05) is 56.1 Å². The maximum absolute atomic E-state index is 12.1. The number of nitrogens with zero attached hydrogens (tertiary/aromatic N) is 4. The van der Waals surface area contributed by atoms with Crippen LogP contribution in [0.1, 0.15) is 13.3 Å². The molecule has 1 aromatic heterocycles. The van der Waals surface area contributed by atoms with E-state index in [9.17, 15) is 4.79 Å². The fourth-order valence-electron chi connectivity index (χ4n) is 3.15. The number of amides is 2. The summed E-state index contributed by atoms with van der Waals surface area (Å²) in [6.45, 7) is 7.87. The summed E-state index contributed by atoms with van der Waals surface area (Å²) in [5.41, 5.74) is 0.682. The summed E-state index contributed by atoms with van der Waals surface area (Å²) in [6.07, 6.45) is 4.46. The van der Waals surface area contributed by atoms with Crippen molar-refractivity contribution in [1.82, 2.24) is 20.2 Å². The van der Waals surface area contributed by atoms with Gasteiger partial charge in [0.25, 0.3) is 0 Å². The van der Waals surface area contributed by atoms with Crippen LogP contribution >= 0.6 is 0 Å². The van der Waals surface area contributed by atoms with E-state index >= 15 is 0 Å². The van der Waals surface area contributed by atoms with Crippen LogP contribution in [0.25, 0.3) is 0 Å². The van der Waals surface area contributed by atoms with Crippen molar-refractivity contribution in [1.29, 1.82) is 0 Å². The number of para-hydroxylation sites is 2. The number of urea groups is 1. The minimum absolute atomic E-state index is 0.210. The Morgan fingerprint density at radius 3 is 2.61 bits per heavy atom. The average Bonchev–Trinajstić information content (AvgIpc) is 2.74. The van der Waals surface area contributed by atoms with Crippen LogP contribution in [0.4, 0.5) is 16.4 Å². The monoisotopic (exact) mass is 384 g/mol. The molecule has 0 spiro atoms. The number of anilines is 2. The number of hydrogen-bond donors (Lipinski definition) is 2. The molecule has 1 saturated heterocycles. The third-order valence-corrected chi connectivity index (χ3v) is 4.58. The van der Waals surface area contributed by atoms with Crippen LogP contribution in [0, 0.1) is 0 Å². The Morgan fingerprint density at radius 2 is 1.86 bits per heavy atom. The minimum atomic E-state index is -0.210. The summed E-state index contributed by atoms with van der Waals surface area (Å²) >= 11 is 0. The number of rotatable bonds is 8. The fraction of sp³-hybridized carbons (Fsp3) is 0.450. The maximum Gasteiger partial charge on any atom is 0.319 e. The molecule has 8 heteroatoms. The van der Waals surface area contributed by atoms with Gasteiger partial charge >= 0.3 is 6.03 Å². The topological polar surface area (TPSA) is 82.6 Å². The first-order valence-electron chi connectivity index (χ1n) is 9.77. The van der Waals surface area contributed by atoms with Crippen LogP contribution in [0.5, 0.6) is 5.75 Å². The average molecular weight is 384 g/mol. The summed E-state index contributed by atoms with van der Waals surface area (Å²) in [6, 6.07) is 9.06. The first-order chi connectivity index (χ1) is 13.8. The number of aromatic nitrogens is 2. The van der Waals surface area contributed by atoms with Crippen LogP contribution in [0.15, 0.2) is 42.7 Å². The van der Waals surface area contributed by atoms with Gasteiger partial charge in [-0.05, 0) is 38.1 Å². The summed E-state index contributed by atoms with van der Waals surface area (Å²) in [5, 5.41) is 5.76. The Kier molecular flexibility index (Phi) is 7.43. The van der Waals surface area contributed by atoms with Crippen molar-refractivity contribution >= 4 is 17.7 Å². The largest absolute Gasteiger partial charge is 0.492 e. The van der Waals surface area contributed by atoms with Gasteiger partial charge in [0.1, 0.15) is 5.75 Å². The fourth-order valence-corrected chi connectivity index (χ4v) is 3.15. The normalized spacial score (nSPS) is 14.5. The van der Waals surface area contributed by atoms with Crippen LogP contribution < -0.4 is 20.3 Å². The van der Waals surface area contributed by atoms with Gasteiger partial charge in [-0.2, -0.15) is 0 Å². The molecule has 2 heterocycles. The van der Waals surface area contributed by atoms with E-state index in [2.05, 4.69) is 30.4 Å². The first kappa shape index (κ1) is 19.9. The summed E-state index contributed by atoms with van der Waals surface area (Å²) in [7, 11) is 0. The molecule has 1 fully saturated rings. The van der Waals surface area contributed by atoms with E-state index in [0.29, 0.717) is 24.6 Å². The van der Waals surface area contributed by atoms with Crippen molar-refractivity contribution in [3.63, 3.8) is 0 Å². The molecule has 0 aliphatic carbocycles. The lowest BCUT2D eigenvalue weighted by Crippen LogP contribution is -2.47. The van der Waals surface area contributed by atoms with Gasteiger partial charge in [-0.3, -0.25) is 4.90 Å². The molecule has 2 aromatic rings. The molecule has 0 atom stereocenters. The number of piperazine rings is 1. The van der Waals surface area contributed by atoms with E-state index in [4.69, 9.17) is 4.74 Å². The van der Waals surface area contributed by atoms with E-state index in [0.717, 1.165) is 45.1 Å². The van der Waals surface area contributed by atoms with Crippen molar-refractivity contribution in [2.45, 2.75) is 13.3 Å². The second-order valence-electron chi connectivity index (χ2n) is 6.54. The Hall–Kier alpha value is -2.87. The Bertz CT molecular complexity index is 734. The molecular formula is C20H28N6O2. The van der Waals surface area contributed by atoms with E-state index in [-0.39, 0.29) is 6.03 Å². The second-order valence-corrected chi connectivity index (χ2v) is 6.54. The van der Waals surface area contributed by atoms with Gasteiger partial charge in [0, 0.05) is 45.1 Å². The standard InChI is InChI=1S/C20H28N6O2/c1-2-28-18-8-4-3-7-17(18)24-20(27)23-11-6-12-25-13-15-26(16-14-25)19-21-9-5-10-22-19/h3-5,7-10H,2,6,11-16H2,1H3,(H2,23,24,27). The zero-order chi connectivity index (χ0) is 19.6. The number of ether oxygens (including phenoxy) is 1. The summed E-state index contributed by atoms with van der Waals surface area (Å²) in [5.74, 6) is 1.48. The quantitative estimate of drug-likeness (QED) is 0.679. The zero-order valence-corrected chi connectivity index (χ0v) is 16.3. The molecule has 28 heavy (non-hydrogen) atoms. The number of carbonyl (C=O) groups is 1. The highest BCUT2D eigenvalue weighted by Crippen LogP contribution is 2.23. The van der Waals surface area contributed by atoms with Gasteiger partial charge in [-0.15, -0.1) is 0 Å². The number of hydrogen-bond acceptors (Lipinski definition) is 6. The van der Waals surface area contributed by atoms with Gasteiger partial charge in [0.2, 0.25) is 5.95 Å². The highest BCUT2D eigenvalue weighted by atomic mass is 16.5. The van der Waals surface area contributed by atoms with Gasteiger partial charge < -0.3 is 20.3 Å². The highest BCUT2D eigenvalue weighted by Gasteiger charge is 2.18. The van der Waals surface area contributed by atoms with Crippen LogP contribution in [-0.2, 0) is 0 Å². The highest BCUT2D eigenvalue weighted by molar-refractivity contribution is 5.90. The molecule has 0 bridgehead atoms. The van der Waals surface area contributed by atoms with Gasteiger partial charge in [-0.25, -0.2) is 14.8 Å². The first-order valence-corrected chi connectivity index (χ1v) is 9.77. The van der Waals surface area contributed by atoms with Crippen LogP contribution in [-0.4, -0.2) is 66.8 Å². The second kappa shape index (κ2) is 10.5. The van der Waals surface area contributed by atoms with E-state index in [1.165, 1.54) is 0 Å². The molecule has 0 saturated carbocycles. The molecule has 1 aromatic carbocycles. The molecule has 0 unspecified atom stereocenters. The van der Waals surface area contributed by atoms with Crippen LogP contribution in [0.2, 0.25) is 0 Å². The minimum Gasteiger partial charge on any atom is -0.492 e. The molecule has 150 valence electrons. The van der Waals surface area contributed by atoms with Crippen molar-refractivity contribution < 1.29 is 9.53 Å². The van der Waals surface area contributed by atoms with E-state index < -0.39 is 0 Å². The Labute approximate surface area is 165 Å². The molecule has 0 radical (unpaired) electrons. The molecular weight excluding hydrogens is 356 g/mol. The van der Waals surface area contributed by atoms with Crippen molar-refractivity contribution in [2.24, 2.45) is 0 Å². The SMILES string of the molecule is CCOc1ccccc1NC(=O)NCCCN1CCN(c2ncccn2)CC1. The molecule has 3 rings (SSSR count). The van der Waals surface area contributed by atoms with E-state index in [1.54, 1.807) is 12.4 Å². The third kappa shape index (κ3) is 5.82. The lowest BCUT2D eigenvalue weighted by atomic mass is 10.3. The van der Waals surface area contributed by atoms with Crippen molar-refractivity contribution in [3.05, 3.63) is 42.7 Å². The molecule has 8 nitrogen and oxygen atoms in total. The molecule has 2 N–H and O–H groups in total. The maximum atomic E-state index is 12.1. The van der Waals surface area contributed by atoms with Crippen molar-refractivity contribution in [3.8, 4) is 5.75 Å². The predicted octanol–water partition coefficient (Wildman–Crippen LogP) is 2.21.